The summed E-state index contributed by atoms with van der Waals surface area (Å²) in [7, 11) is 0. The van der Waals surface area contributed by atoms with Crippen LogP contribution in [0, 0.1) is 0 Å². The van der Waals surface area contributed by atoms with Crippen molar-refractivity contribution in [2.75, 3.05) is 4.90 Å². The number of hydrogen-bond donors (Lipinski definition) is 0. The van der Waals surface area contributed by atoms with Crippen LogP contribution in [0.3, 0.4) is 0 Å². The third kappa shape index (κ3) is 5.00. The predicted molar refractivity (Wildman–Crippen MR) is 248 cm³/mol. The van der Waals surface area contributed by atoms with Crippen molar-refractivity contribution in [2.45, 2.75) is 5.41 Å². The zero-order chi connectivity index (χ0) is 38.9. The molecule has 1 aliphatic carbocycles. The number of para-hydroxylation sites is 3. The van der Waals surface area contributed by atoms with Crippen LogP contribution >= 0.6 is 0 Å². The molecule has 0 saturated heterocycles. The molecule has 0 radical (unpaired) electrons. The quantitative estimate of drug-likeness (QED) is 0.164. The van der Waals surface area contributed by atoms with Gasteiger partial charge in [-0.2, -0.15) is 0 Å². The summed E-state index contributed by atoms with van der Waals surface area (Å²) in [4.78, 5) is 2.44. The summed E-state index contributed by atoms with van der Waals surface area (Å²) in [5.41, 5.74) is 13.9. The van der Waals surface area contributed by atoms with Gasteiger partial charge in [0.05, 0.1) is 16.4 Å². The van der Waals surface area contributed by atoms with Crippen molar-refractivity contribution in [3.63, 3.8) is 0 Å². The summed E-state index contributed by atoms with van der Waals surface area (Å²) in [6, 6.07) is 85.0. The number of nitrogens with zero attached hydrogens (tertiary/aromatic N) is 2. The monoisotopic (exact) mass is 750 g/mol. The molecule has 10 aromatic carbocycles. The van der Waals surface area contributed by atoms with Gasteiger partial charge in [0.25, 0.3) is 0 Å². The minimum Gasteiger partial charge on any atom is -0.310 e. The van der Waals surface area contributed by atoms with Crippen molar-refractivity contribution in [2.24, 2.45) is 0 Å². The highest BCUT2D eigenvalue weighted by molar-refractivity contribution is 6.11. The van der Waals surface area contributed by atoms with E-state index < -0.39 is 5.41 Å². The van der Waals surface area contributed by atoms with E-state index in [1.54, 1.807) is 0 Å². The fraction of sp³-hybridized carbons (Fsp3) is 0.0175. The zero-order valence-corrected chi connectivity index (χ0v) is 32.3. The van der Waals surface area contributed by atoms with Gasteiger partial charge in [-0.3, -0.25) is 0 Å². The topological polar surface area (TPSA) is 8.17 Å². The number of rotatable bonds is 6. The number of fused-ring (bicyclic) bond motifs is 8. The van der Waals surface area contributed by atoms with Gasteiger partial charge in [-0.15, -0.1) is 0 Å². The van der Waals surface area contributed by atoms with Crippen molar-refractivity contribution in [3.8, 4) is 16.8 Å². The first-order valence-electron chi connectivity index (χ1n) is 20.4. The Hall–Kier alpha value is -7.68. The fourth-order valence-electron chi connectivity index (χ4n) is 10.1. The Labute approximate surface area is 343 Å². The van der Waals surface area contributed by atoms with Gasteiger partial charge in [0, 0.05) is 33.5 Å². The van der Waals surface area contributed by atoms with E-state index in [9.17, 15) is 0 Å². The summed E-state index contributed by atoms with van der Waals surface area (Å²) >= 11 is 0. The van der Waals surface area contributed by atoms with Gasteiger partial charge in [0.2, 0.25) is 0 Å². The van der Waals surface area contributed by atoms with Crippen LogP contribution < -0.4 is 4.90 Å². The van der Waals surface area contributed by atoms with E-state index in [2.05, 4.69) is 240 Å². The molecule has 0 spiro atoms. The Morgan fingerprint density at radius 2 is 0.898 bits per heavy atom. The van der Waals surface area contributed by atoms with Crippen molar-refractivity contribution in [3.05, 3.63) is 253 Å². The van der Waals surface area contributed by atoms with E-state index in [4.69, 9.17) is 0 Å². The Morgan fingerprint density at radius 3 is 1.69 bits per heavy atom. The summed E-state index contributed by atoms with van der Waals surface area (Å²) < 4.78 is 2.39. The number of anilines is 3. The van der Waals surface area contributed by atoms with E-state index in [1.807, 2.05) is 0 Å². The number of aromatic nitrogens is 1. The maximum absolute atomic E-state index is 2.49. The van der Waals surface area contributed by atoms with Gasteiger partial charge < -0.3 is 9.47 Å². The molecular formula is C57H38N2. The van der Waals surface area contributed by atoms with Crippen molar-refractivity contribution in [1.29, 1.82) is 0 Å². The zero-order valence-electron chi connectivity index (χ0n) is 32.3. The second-order valence-electron chi connectivity index (χ2n) is 15.7. The number of benzene rings is 10. The molecule has 11 aromatic rings. The number of hydrogen-bond acceptors (Lipinski definition) is 1. The normalized spacial score (nSPS) is 14.5. The third-order valence-electron chi connectivity index (χ3n) is 12.6. The maximum Gasteiger partial charge on any atom is 0.0720 e. The molecule has 0 saturated carbocycles. The van der Waals surface area contributed by atoms with Crippen LogP contribution in [0.4, 0.5) is 17.1 Å². The van der Waals surface area contributed by atoms with Crippen molar-refractivity contribution >= 4 is 60.4 Å². The summed E-state index contributed by atoms with van der Waals surface area (Å²) in [5.74, 6) is 0. The molecule has 0 fully saturated rings. The molecule has 0 bridgehead atoms. The molecule has 0 amide bonds. The van der Waals surface area contributed by atoms with Crippen LogP contribution in [-0.2, 0) is 5.41 Å². The van der Waals surface area contributed by atoms with Gasteiger partial charge in [-0.1, -0.05) is 158 Å². The molecule has 1 atom stereocenters. The molecule has 276 valence electrons. The molecule has 12 rings (SSSR count). The van der Waals surface area contributed by atoms with E-state index >= 15 is 0 Å². The second-order valence-corrected chi connectivity index (χ2v) is 15.7. The maximum atomic E-state index is 2.49. The van der Waals surface area contributed by atoms with Crippen LogP contribution in [0.5, 0.6) is 0 Å². The van der Waals surface area contributed by atoms with Crippen molar-refractivity contribution < 1.29 is 0 Å². The molecule has 1 heterocycles. The van der Waals surface area contributed by atoms with Crippen LogP contribution in [0.15, 0.2) is 231 Å². The third-order valence-corrected chi connectivity index (χ3v) is 12.6. The Kier molecular flexibility index (Phi) is 7.48. The molecule has 1 unspecified atom stereocenters. The first kappa shape index (κ1) is 33.5. The lowest BCUT2D eigenvalue weighted by molar-refractivity contribution is 0.777. The van der Waals surface area contributed by atoms with Gasteiger partial charge in [0.1, 0.15) is 0 Å². The van der Waals surface area contributed by atoms with Crippen molar-refractivity contribution in [1.82, 2.24) is 4.57 Å². The molecule has 0 N–H and O–H groups in total. The van der Waals surface area contributed by atoms with E-state index in [1.165, 1.54) is 76.7 Å². The summed E-state index contributed by atoms with van der Waals surface area (Å²) in [5, 5.41) is 7.44. The van der Waals surface area contributed by atoms with Gasteiger partial charge >= 0.3 is 0 Å². The lowest BCUT2D eigenvalue weighted by Crippen LogP contribution is -2.29. The lowest BCUT2D eigenvalue weighted by Gasteiger charge is -2.36. The van der Waals surface area contributed by atoms with E-state index in [0.717, 1.165) is 22.7 Å². The highest BCUT2D eigenvalue weighted by Gasteiger charge is 2.47. The molecule has 1 aliphatic rings. The fourth-order valence-corrected chi connectivity index (χ4v) is 10.1. The predicted octanol–water partition coefficient (Wildman–Crippen LogP) is 14.9. The average Bonchev–Trinajstić information content (AvgIpc) is 3.78. The second kappa shape index (κ2) is 13.2. The lowest BCUT2D eigenvalue weighted by atomic mass is 9.66. The van der Waals surface area contributed by atoms with Crippen LogP contribution in [0.1, 0.15) is 22.3 Å². The molecule has 59 heavy (non-hydrogen) atoms. The summed E-state index contributed by atoms with van der Waals surface area (Å²) in [6.45, 7) is 0. The summed E-state index contributed by atoms with van der Waals surface area (Å²) in [6.07, 6.45) is 0. The van der Waals surface area contributed by atoms with E-state index in [0.29, 0.717) is 0 Å². The molecule has 1 aromatic heterocycles. The molecular weight excluding hydrogens is 713 g/mol. The molecule has 0 aliphatic heterocycles. The first-order chi connectivity index (χ1) is 29.3. The standard InChI is InChI=1S/C57H38N2/c1-4-21-42(22-5-1)57(52-29-16-20-39-17-12-13-27-47(39)52)53-36-41-19-11-10-18-40(41)35-50(53)48-33-31-46(38-54(48)57)58(43-23-6-2-7-24-43)45-32-34-56-51(37-45)49-28-14-15-30-55(49)59(56)44-25-8-3-9-26-44/h1-38H. The minimum atomic E-state index is -0.595. The molecule has 2 nitrogen and oxygen atoms in total. The average molecular weight is 751 g/mol. The molecule has 2 heteroatoms. The smallest absolute Gasteiger partial charge is 0.0720 e. The minimum absolute atomic E-state index is 0.595. The van der Waals surface area contributed by atoms with Gasteiger partial charge in [-0.05, 0) is 128 Å². The van der Waals surface area contributed by atoms with Gasteiger partial charge in [-0.25, -0.2) is 0 Å². The van der Waals surface area contributed by atoms with E-state index in [-0.39, 0.29) is 0 Å². The Morgan fingerprint density at radius 1 is 0.322 bits per heavy atom. The highest BCUT2D eigenvalue weighted by atomic mass is 15.1. The van der Waals surface area contributed by atoms with Crippen LogP contribution in [0.2, 0.25) is 0 Å². The largest absolute Gasteiger partial charge is 0.310 e. The SMILES string of the molecule is c1ccc(N(c2ccc3c(c2)C(c2ccccc2)(c2cccc4ccccc24)c2cc4ccccc4cc2-3)c2ccc3c(c2)c2ccccc2n3-c2ccccc2)cc1. The Balaban J connectivity index is 1.16. The Bertz CT molecular complexity index is 3380. The highest BCUT2D eigenvalue weighted by Crippen LogP contribution is 2.59. The first-order valence-corrected chi connectivity index (χ1v) is 20.4. The van der Waals surface area contributed by atoms with Crippen LogP contribution in [-0.4, -0.2) is 4.57 Å². The van der Waals surface area contributed by atoms with Crippen LogP contribution in [0.25, 0.3) is 60.2 Å². The van der Waals surface area contributed by atoms with Gasteiger partial charge in [0.15, 0.2) is 0 Å².